The number of piperazine rings is 1. The van der Waals surface area contributed by atoms with Crippen LogP contribution in [0.1, 0.15) is 38.2 Å². The number of hydrogen-bond acceptors (Lipinski definition) is 9. The predicted molar refractivity (Wildman–Crippen MR) is 138 cm³/mol. The van der Waals surface area contributed by atoms with Crippen LogP contribution in [0.15, 0.2) is 36.4 Å². The number of methoxy groups -OCH3 is 4. The topological polar surface area (TPSA) is 87.0 Å². The van der Waals surface area contributed by atoms with Gasteiger partial charge in [0.1, 0.15) is 5.75 Å². The van der Waals surface area contributed by atoms with Crippen molar-refractivity contribution in [1.82, 2.24) is 25.1 Å². The number of benzene rings is 2. The van der Waals surface area contributed by atoms with E-state index in [9.17, 15) is 0 Å². The van der Waals surface area contributed by atoms with Gasteiger partial charge in [-0.25, -0.2) is 4.68 Å². The minimum atomic E-state index is -0.289. The molecule has 1 saturated heterocycles. The normalized spacial score (nSPS) is 15.5. The number of aromatic nitrogens is 4. The summed E-state index contributed by atoms with van der Waals surface area (Å²) in [5, 5.41) is 12.9. The maximum atomic E-state index is 5.67. The molecule has 0 spiro atoms. The molecule has 0 unspecified atom stereocenters. The Hall–Kier alpha value is -3.53. The van der Waals surface area contributed by atoms with E-state index in [1.807, 2.05) is 28.9 Å². The zero-order valence-corrected chi connectivity index (χ0v) is 22.2. The molecule has 1 fully saturated rings. The summed E-state index contributed by atoms with van der Waals surface area (Å²) in [5.74, 6) is 3.39. The van der Waals surface area contributed by atoms with Gasteiger partial charge in [-0.1, -0.05) is 0 Å². The van der Waals surface area contributed by atoms with E-state index in [-0.39, 0.29) is 11.6 Å². The summed E-state index contributed by atoms with van der Waals surface area (Å²) >= 11 is 0. The Bertz CT molecular complexity index is 1120. The van der Waals surface area contributed by atoms with E-state index in [2.05, 4.69) is 58.2 Å². The van der Waals surface area contributed by atoms with E-state index in [1.165, 1.54) is 5.69 Å². The highest BCUT2D eigenvalue weighted by atomic mass is 16.5. The van der Waals surface area contributed by atoms with Gasteiger partial charge in [0.2, 0.25) is 5.75 Å². The van der Waals surface area contributed by atoms with Gasteiger partial charge >= 0.3 is 0 Å². The zero-order valence-electron chi connectivity index (χ0n) is 22.2. The fraction of sp³-hybridized carbons (Fsp3) is 0.500. The van der Waals surface area contributed by atoms with Gasteiger partial charge < -0.3 is 23.8 Å². The molecule has 36 heavy (non-hydrogen) atoms. The summed E-state index contributed by atoms with van der Waals surface area (Å²) in [6.07, 6.45) is 0. The van der Waals surface area contributed by atoms with E-state index in [0.717, 1.165) is 43.3 Å². The van der Waals surface area contributed by atoms with Gasteiger partial charge in [-0.2, -0.15) is 0 Å². The Morgan fingerprint density at radius 2 is 1.42 bits per heavy atom. The van der Waals surface area contributed by atoms with Crippen LogP contribution in [0.25, 0.3) is 0 Å². The highest BCUT2D eigenvalue weighted by molar-refractivity contribution is 5.55. The first-order valence-electron chi connectivity index (χ1n) is 12.0. The highest BCUT2D eigenvalue weighted by Gasteiger charge is 2.34. The zero-order chi connectivity index (χ0) is 25.9. The standard InChI is InChI=1S/C26H36N6O4/c1-26(2,3)32-25(27-28-29-32)23(18-16-21(34-5)24(36-7)22(17-18)35-6)31-14-12-30(13-15-31)19-8-10-20(33-4)11-9-19/h8-11,16-17,23H,12-15H2,1-7H3/t23-/m1/s1. The van der Waals surface area contributed by atoms with Gasteiger partial charge in [0.15, 0.2) is 17.3 Å². The molecule has 1 atom stereocenters. The van der Waals surface area contributed by atoms with Crippen LogP contribution in [0.3, 0.4) is 0 Å². The average Bonchev–Trinajstić information content (AvgIpc) is 3.39. The van der Waals surface area contributed by atoms with Gasteiger partial charge in [-0.15, -0.1) is 5.10 Å². The number of nitrogens with zero attached hydrogens (tertiary/aromatic N) is 6. The first-order chi connectivity index (χ1) is 17.3. The second-order valence-electron chi connectivity index (χ2n) is 9.70. The van der Waals surface area contributed by atoms with E-state index in [1.54, 1.807) is 28.4 Å². The second-order valence-corrected chi connectivity index (χ2v) is 9.70. The van der Waals surface area contributed by atoms with Crippen molar-refractivity contribution in [2.75, 3.05) is 59.5 Å². The predicted octanol–water partition coefficient (Wildman–Crippen LogP) is 3.37. The van der Waals surface area contributed by atoms with Crippen LogP contribution in [0, 0.1) is 0 Å². The molecule has 2 heterocycles. The molecule has 2 aromatic carbocycles. The lowest BCUT2D eigenvalue weighted by atomic mass is 10.00. The summed E-state index contributed by atoms with van der Waals surface area (Å²) in [7, 11) is 6.55. The average molecular weight is 497 g/mol. The Kier molecular flexibility index (Phi) is 7.53. The lowest BCUT2D eigenvalue weighted by molar-refractivity contribution is 0.190. The molecule has 4 rings (SSSR count). The molecule has 0 N–H and O–H groups in total. The van der Waals surface area contributed by atoms with Crippen LogP contribution >= 0.6 is 0 Å². The van der Waals surface area contributed by atoms with Crippen molar-refractivity contribution in [3.63, 3.8) is 0 Å². The van der Waals surface area contributed by atoms with Crippen molar-refractivity contribution < 1.29 is 18.9 Å². The molecule has 0 bridgehead atoms. The lowest BCUT2D eigenvalue weighted by Gasteiger charge is -2.40. The Labute approximate surface area is 212 Å². The fourth-order valence-electron chi connectivity index (χ4n) is 4.66. The third-order valence-corrected chi connectivity index (χ3v) is 6.49. The Morgan fingerprint density at radius 1 is 0.806 bits per heavy atom. The highest BCUT2D eigenvalue weighted by Crippen LogP contribution is 2.42. The molecule has 10 nitrogen and oxygen atoms in total. The molecule has 10 heteroatoms. The number of tetrazole rings is 1. The maximum Gasteiger partial charge on any atom is 0.203 e. The van der Waals surface area contributed by atoms with Gasteiger partial charge in [-0.3, -0.25) is 4.90 Å². The molecule has 194 valence electrons. The van der Waals surface area contributed by atoms with Gasteiger partial charge in [-0.05, 0) is 73.2 Å². The molecule has 0 radical (unpaired) electrons. The maximum absolute atomic E-state index is 5.67. The Balaban J connectivity index is 1.71. The van der Waals surface area contributed by atoms with Crippen LogP contribution < -0.4 is 23.8 Å². The summed E-state index contributed by atoms with van der Waals surface area (Å²) in [6, 6.07) is 12.0. The van der Waals surface area contributed by atoms with Crippen LogP contribution in [-0.2, 0) is 5.54 Å². The number of hydrogen-bond donors (Lipinski definition) is 0. The first-order valence-corrected chi connectivity index (χ1v) is 12.0. The van der Waals surface area contributed by atoms with Crippen molar-refractivity contribution in [2.45, 2.75) is 32.4 Å². The first kappa shape index (κ1) is 25.6. The van der Waals surface area contributed by atoms with E-state index < -0.39 is 0 Å². The summed E-state index contributed by atoms with van der Waals surface area (Å²) < 4.78 is 24.1. The van der Waals surface area contributed by atoms with Crippen molar-refractivity contribution >= 4 is 5.69 Å². The second kappa shape index (κ2) is 10.6. The smallest absolute Gasteiger partial charge is 0.203 e. The van der Waals surface area contributed by atoms with Crippen molar-refractivity contribution in [3.05, 3.63) is 47.8 Å². The fourth-order valence-corrected chi connectivity index (χ4v) is 4.66. The van der Waals surface area contributed by atoms with E-state index >= 15 is 0 Å². The quantitative estimate of drug-likeness (QED) is 0.466. The van der Waals surface area contributed by atoms with Crippen molar-refractivity contribution in [2.24, 2.45) is 0 Å². The van der Waals surface area contributed by atoms with Crippen LogP contribution in [0.2, 0.25) is 0 Å². The van der Waals surface area contributed by atoms with Crippen LogP contribution in [-0.4, -0.2) is 79.7 Å². The van der Waals surface area contributed by atoms with Crippen molar-refractivity contribution in [1.29, 1.82) is 0 Å². The molecule has 0 saturated carbocycles. The van der Waals surface area contributed by atoms with E-state index in [4.69, 9.17) is 18.9 Å². The molecule has 0 amide bonds. The SMILES string of the molecule is COc1ccc(N2CCN([C@H](c3cc(OC)c(OC)c(OC)c3)c3nnnn3C(C)(C)C)CC2)cc1. The number of ether oxygens (including phenoxy) is 4. The summed E-state index contributed by atoms with van der Waals surface area (Å²) in [6.45, 7) is 9.67. The molecular weight excluding hydrogens is 460 g/mol. The monoisotopic (exact) mass is 496 g/mol. The molecule has 0 aliphatic carbocycles. The number of anilines is 1. The van der Waals surface area contributed by atoms with Crippen molar-refractivity contribution in [3.8, 4) is 23.0 Å². The minimum Gasteiger partial charge on any atom is -0.497 e. The lowest BCUT2D eigenvalue weighted by Crippen LogP contribution is -2.48. The third kappa shape index (κ3) is 5.04. The van der Waals surface area contributed by atoms with Gasteiger partial charge in [0.25, 0.3) is 0 Å². The molecule has 1 aromatic heterocycles. The summed E-state index contributed by atoms with van der Waals surface area (Å²) in [5.41, 5.74) is 1.87. The largest absolute Gasteiger partial charge is 0.497 e. The van der Waals surface area contributed by atoms with Gasteiger partial charge in [0, 0.05) is 31.9 Å². The Morgan fingerprint density at radius 3 is 1.92 bits per heavy atom. The summed E-state index contributed by atoms with van der Waals surface area (Å²) in [4.78, 5) is 4.80. The van der Waals surface area contributed by atoms with E-state index in [0.29, 0.717) is 17.2 Å². The minimum absolute atomic E-state index is 0.203. The third-order valence-electron chi connectivity index (χ3n) is 6.49. The molecular formula is C26H36N6O4. The van der Waals surface area contributed by atoms with Gasteiger partial charge in [0.05, 0.1) is 40.0 Å². The van der Waals surface area contributed by atoms with Crippen LogP contribution in [0.5, 0.6) is 23.0 Å². The molecule has 3 aromatic rings. The molecule has 1 aliphatic heterocycles. The van der Waals surface area contributed by atoms with Crippen LogP contribution in [0.4, 0.5) is 5.69 Å². The number of rotatable bonds is 8. The molecule has 1 aliphatic rings.